The molecule has 14 nitrogen and oxygen atoms in total. The number of carbonyl (C=O) groups is 1. The molecule has 3 unspecified atom stereocenters. The molecule has 0 aromatic rings. The second kappa shape index (κ2) is 50.3. The third kappa shape index (κ3) is 36.7. The first-order chi connectivity index (χ1) is 47.3. The van der Waals surface area contributed by atoms with Gasteiger partial charge >= 0.3 is 6.09 Å². The summed E-state index contributed by atoms with van der Waals surface area (Å²) in [7, 11) is 6.12. The number of rotatable bonds is 9. The Morgan fingerprint density at radius 3 is 1.28 bits per heavy atom. The molecular weight excluding hydrogens is 1270 g/mol. The fraction of sp³-hybridized carbons (Fsp3) is 0.966. The zero-order chi connectivity index (χ0) is 78.2. The first kappa shape index (κ1) is 98.4. The predicted molar refractivity (Wildman–Crippen MR) is 433 cm³/mol. The number of carbonyl (C=O) groups excluding carboxylic acids is 1. The van der Waals surface area contributed by atoms with Crippen LogP contribution in [-0.4, -0.2) is 173 Å². The van der Waals surface area contributed by atoms with Crippen molar-refractivity contribution in [2.45, 2.75) is 359 Å². The van der Waals surface area contributed by atoms with Crippen LogP contribution >= 0.6 is 0 Å². The number of likely N-dealkylation sites (tertiary alicyclic amines) is 1. The maximum Gasteiger partial charge on any atom is 0.409 e. The van der Waals surface area contributed by atoms with Gasteiger partial charge in [-0.05, 0) is 198 Å². The zero-order valence-corrected chi connectivity index (χ0v) is 73.7. The van der Waals surface area contributed by atoms with Gasteiger partial charge in [-0.2, -0.15) is 0 Å². The van der Waals surface area contributed by atoms with E-state index in [2.05, 4.69) is 257 Å². The molecule has 10 aliphatic heterocycles. The van der Waals surface area contributed by atoms with E-state index in [4.69, 9.17) is 43.0 Å². The second-order valence-electron chi connectivity index (χ2n) is 38.0. The molecule has 9 fully saturated rings. The Morgan fingerprint density at radius 1 is 0.461 bits per heavy atom. The van der Waals surface area contributed by atoms with Gasteiger partial charge in [0.1, 0.15) is 12.2 Å². The highest BCUT2D eigenvalue weighted by Crippen LogP contribution is 2.35. The van der Waals surface area contributed by atoms with Crippen molar-refractivity contribution < 1.29 is 47.8 Å². The lowest BCUT2D eigenvalue weighted by molar-refractivity contribution is -0.107. The van der Waals surface area contributed by atoms with Gasteiger partial charge in [-0.25, -0.2) is 4.79 Å². The monoisotopic (exact) mass is 1450 g/mol. The summed E-state index contributed by atoms with van der Waals surface area (Å²) >= 11 is 0. The summed E-state index contributed by atoms with van der Waals surface area (Å²) in [4.78, 5) is 17.5. The number of aliphatic hydroxyl groups is 1. The van der Waals surface area contributed by atoms with Crippen molar-refractivity contribution in [3.63, 3.8) is 0 Å². The SMILES string of the molecule is CC(C)C1[C@H](C)CCN1C.CC(C)[C@@H]1NCC[C@H]1C.CC(C)[C@@H]1OC(=O)N(C)C[C@H]1C.CC(C)[C@@H]1OC(O)C[C@H]1C.CC(C)[C@@H]1OC=C[C@H]1C.CC(C)[C@@H]1OCCC[C@H]1C.CC(C)[C@@H]1OCC[C@H]1C.CC(C)[C@@H]1OCN(C)C[C@H]1C.CC1C[C@@H](C)[C@H](C(C)C)O1.C[C@@H]1CCCCO[C@H]1C(C)(C)C. The van der Waals surface area contributed by atoms with Crippen LogP contribution in [0.4, 0.5) is 4.79 Å². The highest BCUT2D eigenvalue weighted by molar-refractivity contribution is 5.68. The molecule has 14 heteroatoms. The smallest absolute Gasteiger partial charge is 0.409 e. The molecule has 0 aromatic heterocycles. The van der Waals surface area contributed by atoms with Crippen molar-refractivity contribution in [1.29, 1.82) is 0 Å². The molecule has 0 radical (unpaired) electrons. The Balaban J connectivity index is 0.000000567. The average Bonchev–Trinajstić information content (AvgIpc) is 1.52. The van der Waals surface area contributed by atoms with Crippen molar-refractivity contribution in [3.8, 4) is 0 Å². The molecule has 22 atom stereocenters. The molecular formula is C88H176N4O10. The quantitative estimate of drug-likeness (QED) is 0.227. The summed E-state index contributed by atoms with van der Waals surface area (Å²) in [6.45, 7) is 79.7. The minimum atomic E-state index is -0.512. The van der Waals surface area contributed by atoms with Crippen LogP contribution in [0.15, 0.2) is 12.3 Å². The number of ether oxygens (including phenoxy) is 8. The predicted octanol–water partition coefficient (Wildman–Crippen LogP) is 20.7. The van der Waals surface area contributed by atoms with Gasteiger partial charge in [-0.15, -0.1) is 0 Å². The van der Waals surface area contributed by atoms with Crippen LogP contribution < -0.4 is 5.32 Å². The first-order valence-corrected chi connectivity index (χ1v) is 42.2. The number of amides is 1. The molecule has 0 saturated carbocycles. The van der Waals surface area contributed by atoms with Crippen molar-refractivity contribution in [3.05, 3.63) is 12.3 Å². The van der Waals surface area contributed by atoms with Gasteiger partial charge in [0, 0.05) is 70.3 Å². The van der Waals surface area contributed by atoms with Crippen molar-refractivity contribution in [2.24, 2.45) is 118 Å². The van der Waals surface area contributed by atoms with Gasteiger partial charge < -0.3 is 58.1 Å². The number of nitrogens with one attached hydrogen (secondary N) is 1. The van der Waals surface area contributed by atoms with Crippen LogP contribution in [0.25, 0.3) is 0 Å². The van der Waals surface area contributed by atoms with Crippen LogP contribution in [0.5, 0.6) is 0 Å². The van der Waals surface area contributed by atoms with Crippen molar-refractivity contribution >= 4 is 6.09 Å². The molecule has 0 aromatic carbocycles. The maximum atomic E-state index is 11.2. The average molecular weight is 1450 g/mol. The lowest BCUT2D eigenvalue weighted by Crippen LogP contribution is -2.47. The van der Waals surface area contributed by atoms with Crippen molar-refractivity contribution in [1.82, 2.24) is 20.0 Å². The highest BCUT2D eigenvalue weighted by Gasteiger charge is 2.37. The Morgan fingerprint density at radius 2 is 0.951 bits per heavy atom. The molecule has 0 spiro atoms. The van der Waals surface area contributed by atoms with Gasteiger partial charge in [0.2, 0.25) is 0 Å². The molecule has 1 amide bonds. The van der Waals surface area contributed by atoms with E-state index in [-0.39, 0.29) is 18.3 Å². The van der Waals surface area contributed by atoms with E-state index < -0.39 is 6.29 Å². The highest BCUT2D eigenvalue weighted by atomic mass is 16.6. The minimum absolute atomic E-state index is 0.0914. The minimum Gasteiger partial charge on any atom is -0.497 e. The van der Waals surface area contributed by atoms with Gasteiger partial charge in [-0.3, -0.25) is 4.90 Å². The molecule has 0 bridgehead atoms. The van der Waals surface area contributed by atoms with Crippen LogP contribution in [0.3, 0.4) is 0 Å². The number of aliphatic hydroxyl groups excluding tert-OH is 1. The molecule has 0 aliphatic carbocycles. The number of hydrogen-bond donors (Lipinski definition) is 2. The number of hydrogen-bond acceptors (Lipinski definition) is 13. The second-order valence-corrected chi connectivity index (χ2v) is 38.0. The van der Waals surface area contributed by atoms with E-state index in [0.29, 0.717) is 113 Å². The fourth-order valence-corrected chi connectivity index (χ4v) is 18.1. The maximum absolute atomic E-state index is 11.2. The van der Waals surface area contributed by atoms with Crippen LogP contribution in [0, 0.1) is 118 Å². The molecule has 10 rings (SSSR count). The lowest BCUT2D eigenvalue weighted by atomic mass is 9.80. The number of cyclic esters (lactones) is 1. The summed E-state index contributed by atoms with van der Waals surface area (Å²) in [6.07, 6.45) is 19.5. The zero-order valence-electron chi connectivity index (χ0n) is 73.7. The summed E-state index contributed by atoms with van der Waals surface area (Å²) in [5, 5.41) is 12.6. The van der Waals surface area contributed by atoms with E-state index in [1.54, 1.807) is 11.9 Å². The van der Waals surface area contributed by atoms with Crippen molar-refractivity contribution in [2.75, 3.05) is 73.9 Å². The van der Waals surface area contributed by atoms with Gasteiger partial charge in [-0.1, -0.05) is 221 Å². The summed E-state index contributed by atoms with van der Waals surface area (Å²) in [6, 6.07) is 1.62. The van der Waals surface area contributed by atoms with Gasteiger partial charge in [0.25, 0.3) is 0 Å². The molecule has 102 heavy (non-hydrogen) atoms. The standard InChI is InChI=1S/C11H22O.C9H17NO2.C9H19NO.C9H19N.2C9H18O.C8H17N.C8H16O2.C8H16O.C8H14O/c1-9-7-5-6-8-12-10(9)11(2,3)4;1-6(2)8-7(3)5-10(4)9(11)12-8;1-7(2)9-8(3)5-10(4)6-11-9;1-7(2)9-8(3)5-6-10(9)4;1-6(2)9-7(3)5-8(4)10-9;1-7(2)9-8(3)5-4-6-10-9;1-6(2)8-7(3)4-5-9-8;1-5(2)8-6(3)4-7(9)10-8;2*1-6(2)8-7(3)4-5-9-8/h9-10H,5-8H2,1-4H3;6-8H,5H2,1-4H3;7-9H,5-6H2,1-4H3;7-9H,5-6H2,1-4H3;6-9H,5H2,1-4H3;7-9H,4-6H2,1-3H3;6-9H,4-5H2,1-3H3;5-9H,4H2,1-3H3;6-8H,4-5H2,1-3H3;4-8H,1-3H3/t9-,10-;7-,8+;8-,9+;8-,9?;7-,8?,9+;8-,9+;7-,8+;6-,7?,8+;2*7-,8+/m1111111111/s1. The molecule has 2 N–H and O–H groups in total. The summed E-state index contributed by atoms with van der Waals surface area (Å²) in [5.41, 5.74) is 0.309. The van der Waals surface area contributed by atoms with E-state index >= 15 is 0 Å². The summed E-state index contributed by atoms with van der Waals surface area (Å²) < 4.78 is 44.4. The molecule has 10 aliphatic rings. The van der Waals surface area contributed by atoms with Gasteiger partial charge in [0.15, 0.2) is 6.29 Å². The molecule has 608 valence electrons. The fourth-order valence-electron chi connectivity index (χ4n) is 18.1. The Hall–Kier alpha value is -1.59. The van der Waals surface area contributed by atoms with Crippen LogP contribution in [-0.2, 0) is 37.9 Å². The van der Waals surface area contributed by atoms with E-state index in [0.717, 1.165) is 98.9 Å². The Labute approximate surface area is 633 Å². The van der Waals surface area contributed by atoms with E-state index in [9.17, 15) is 4.79 Å². The van der Waals surface area contributed by atoms with Crippen LogP contribution in [0.1, 0.15) is 286 Å². The summed E-state index contributed by atoms with van der Waals surface area (Å²) in [5.74, 6) is 13.0. The Kier molecular flexibility index (Phi) is 48.5. The largest absolute Gasteiger partial charge is 0.497 e. The van der Waals surface area contributed by atoms with Gasteiger partial charge in [0.05, 0.1) is 55.7 Å². The third-order valence-electron chi connectivity index (χ3n) is 23.0. The third-order valence-corrected chi connectivity index (χ3v) is 23.0. The first-order valence-electron chi connectivity index (χ1n) is 42.2. The lowest BCUT2D eigenvalue weighted by Gasteiger charge is -2.37. The molecule has 10 heterocycles. The Bertz CT molecular complexity index is 2050. The normalized spacial score (nSPS) is 35.5. The number of nitrogens with zero attached hydrogens (tertiary/aromatic N) is 3. The topological polar surface area (TPSA) is 133 Å². The van der Waals surface area contributed by atoms with E-state index in [1.165, 1.54) is 77.4 Å². The van der Waals surface area contributed by atoms with Crippen LogP contribution in [0.2, 0.25) is 0 Å². The molecule has 9 saturated heterocycles. The van der Waals surface area contributed by atoms with E-state index in [1.807, 2.05) is 6.26 Å².